The molecule has 2 aromatic rings. The number of aliphatic hydroxyl groups is 1. The summed E-state index contributed by atoms with van der Waals surface area (Å²) in [6, 6.07) is 18.7. The van der Waals surface area contributed by atoms with Crippen molar-refractivity contribution in [3.05, 3.63) is 66.2 Å². The van der Waals surface area contributed by atoms with E-state index in [2.05, 4.69) is 21.8 Å². The Balaban J connectivity index is 1.53. The van der Waals surface area contributed by atoms with Crippen LogP contribution in [0.15, 0.2) is 65.6 Å². The first-order valence-corrected chi connectivity index (χ1v) is 11.0. The van der Waals surface area contributed by atoms with Gasteiger partial charge in [0.1, 0.15) is 0 Å². The lowest BCUT2D eigenvalue weighted by molar-refractivity contribution is -0.0432. The number of hydrogen-bond donors (Lipinski definition) is 2. The fourth-order valence-electron chi connectivity index (χ4n) is 4.14. The van der Waals surface area contributed by atoms with Crippen molar-refractivity contribution in [3.63, 3.8) is 0 Å². The van der Waals surface area contributed by atoms with Gasteiger partial charge in [0.2, 0.25) is 10.0 Å². The second-order valence-corrected chi connectivity index (χ2v) is 9.33. The summed E-state index contributed by atoms with van der Waals surface area (Å²) in [5.41, 5.74) is 1.16. The van der Waals surface area contributed by atoms with Crippen molar-refractivity contribution in [2.75, 3.05) is 19.7 Å². The van der Waals surface area contributed by atoms with Crippen molar-refractivity contribution in [1.29, 1.82) is 0 Å². The highest BCUT2D eigenvalue weighted by Crippen LogP contribution is 2.43. The van der Waals surface area contributed by atoms with Crippen LogP contribution in [0.25, 0.3) is 0 Å². The van der Waals surface area contributed by atoms with Crippen LogP contribution < -0.4 is 4.72 Å². The van der Waals surface area contributed by atoms with E-state index in [4.69, 9.17) is 0 Å². The molecule has 2 N–H and O–H groups in total. The average molecular weight is 387 g/mol. The fourth-order valence-corrected chi connectivity index (χ4v) is 5.22. The van der Waals surface area contributed by atoms with Gasteiger partial charge < -0.3 is 5.11 Å². The zero-order valence-electron chi connectivity index (χ0n) is 15.2. The fraction of sp³-hybridized carbons (Fsp3) is 0.429. The number of sulfonamides is 1. The summed E-state index contributed by atoms with van der Waals surface area (Å²) < 4.78 is 28.1. The molecule has 1 saturated carbocycles. The van der Waals surface area contributed by atoms with E-state index in [1.807, 2.05) is 18.2 Å². The van der Waals surface area contributed by atoms with Crippen molar-refractivity contribution in [1.82, 2.24) is 9.62 Å². The van der Waals surface area contributed by atoms with Crippen LogP contribution in [0.3, 0.4) is 0 Å². The van der Waals surface area contributed by atoms with E-state index in [-0.39, 0.29) is 29.5 Å². The van der Waals surface area contributed by atoms with E-state index < -0.39 is 10.0 Å². The molecule has 2 fully saturated rings. The van der Waals surface area contributed by atoms with Crippen LogP contribution in [-0.2, 0) is 10.0 Å². The SMILES string of the molecule is O=S(=O)(NC[C@@H]1[C@H](c2ccccc2)[C@H](CO)N1CC1CC1)c1ccccc1. The van der Waals surface area contributed by atoms with Crippen LogP contribution in [0.2, 0.25) is 0 Å². The molecule has 0 amide bonds. The summed E-state index contributed by atoms with van der Waals surface area (Å²) in [5.74, 6) is 0.817. The van der Waals surface area contributed by atoms with Crippen LogP contribution >= 0.6 is 0 Å². The second kappa shape index (κ2) is 7.72. The standard InChI is InChI=1S/C21H26N2O3S/c24-15-20-21(17-7-3-1-4-8-17)19(23(20)14-16-11-12-16)13-22-27(25,26)18-9-5-2-6-10-18/h1-10,16,19-22,24H,11-15H2/t19-,20+,21+/m1/s1. The third-order valence-corrected chi connectivity index (χ3v) is 7.19. The Bertz CT molecular complexity index is 854. The lowest BCUT2D eigenvalue weighted by Crippen LogP contribution is -2.67. The molecular formula is C21H26N2O3S. The molecule has 4 rings (SSSR count). The Labute approximate surface area is 161 Å². The van der Waals surface area contributed by atoms with Gasteiger partial charge in [0.05, 0.1) is 11.5 Å². The third kappa shape index (κ3) is 3.94. The molecule has 0 aromatic heterocycles. The molecule has 1 saturated heterocycles. The average Bonchev–Trinajstić information content (AvgIpc) is 3.51. The van der Waals surface area contributed by atoms with E-state index in [0.717, 1.165) is 12.1 Å². The maximum atomic E-state index is 12.6. The predicted molar refractivity (Wildman–Crippen MR) is 105 cm³/mol. The van der Waals surface area contributed by atoms with Gasteiger partial charge >= 0.3 is 0 Å². The Hall–Kier alpha value is -1.73. The summed E-state index contributed by atoms with van der Waals surface area (Å²) >= 11 is 0. The van der Waals surface area contributed by atoms with Gasteiger partial charge in [0.25, 0.3) is 0 Å². The Morgan fingerprint density at radius 1 is 0.963 bits per heavy atom. The van der Waals surface area contributed by atoms with Gasteiger partial charge in [-0.2, -0.15) is 0 Å². The first kappa shape index (κ1) is 18.6. The molecule has 27 heavy (non-hydrogen) atoms. The van der Waals surface area contributed by atoms with E-state index in [1.165, 1.54) is 12.8 Å². The van der Waals surface area contributed by atoms with E-state index in [0.29, 0.717) is 12.5 Å². The van der Waals surface area contributed by atoms with E-state index >= 15 is 0 Å². The molecule has 3 atom stereocenters. The van der Waals surface area contributed by atoms with E-state index in [9.17, 15) is 13.5 Å². The molecule has 2 aliphatic rings. The summed E-state index contributed by atoms with van der Waals surface area (Å²) in [6.45, 7) is 1.38. The summed E-state index contributed by atoms with van der Waals surface area (Å²) in [4.78, 5) is 2.58. The van der Waals surface area contributed by atoms with Gasteiger partial charge in [0, 0.05) is 31.1 Å². The number of aliphatic hydroxyl groups excluding tert-OH is 1. The van der Waals surface area contributed by atoms with Gasteiger partial charge in [-0.3, -0.25) is 4.90 Å². The first-order chi connectivity index (χ1) is 13.1. The summed E-state index contributed by atoms with van der Waals surface area (Å²) in [7, 11) is -3.54. The van der Waals surface area contributed by atoms with Crippen molar-refractivity contribution >= 4 is 10.0 Å². The Morgan fingerprint density at radius 3 is 2.19 bits per heavy atom. The predicted octanol–water partition coefficient (Wildman–Crippen LogP) is 2.20. The van der Waals surface area contributed by atoms with Crippen molar-refractivity contribution in [3.8, 4) is 0 Å². The summed E-state index contributed by atoms with van der Waals surface area (Å²) in [6.07, 6.45) is 2.46. The molecule has 2 aromatic carbocycles. The van der Waals surface area contributed by atoms with Crippen LogP contribution in [0.4, 0.5) is 0 Å². The number of hydrogen-bond acceptors (Lipinski definition) is 4. The van der Waals surface area contributed by atoms with Crippen molar-refractivity contribution in [2.45, 2.75) is 35.7 Å². The topological polar surface area (TPSA) is 69.6 Å². The Kier molecular flexibility index (Phi) is 5.32. The first-order valence-electron chi connectivity index (χ1n) is 9.56. The smallest absolute Gasteiger partial charge is 0.240 e. The largest absolute Gasteiger partial charge is 0.395 e. The molecule has 0 radical (unpaired) electrons. The van der Waals surface area contributed by atoms with Crippen LogP contribution in [0.5, 0.6) is 0 Å². The summed E-state index contributed by atoms with van der Waals surface area (Å²) in [5, 5.41) is 9.97. The molecule has 0 unspecified atom stereocenters. The molecule has 144 valence electrons. The van der Waals surface area contributed by atoms with Crippen molar-refractivity contribution in [2.24, 2.45) is 5.92 Å². The minimum absolute atomic E-state index is 0.0548. The quantitative estimate of drug-likeness (QED) is 0.730. The molecule has 1 aliphatic heterocycles. The number of rotatable bonds is 8. The normalized spacial score (nSPS) is 25.9. The van der Waals surface area contributed by atoms with Crippen LogP contribution in [0, 0.1) is 5.92 Å². The molecule has 1 aliphatic carbocycles. The van der Waals surface area contributed by atoms with Crippen molar-refractivity contribution < 1.29 is 13.5 Å². The molecular weight excluding hydrogens is 360 g/mol. The van der Waals surface area contributed by atoms with Gasteiger partial charge in [-0.25, -0.2) is 13.1 Å². The van der Waals surface area contributed by atoms with Crippen LogP contribution in [-0.4, -0.2) is 50.2 Å². The van der Waals surface area contributed by atoms with Crippen LogP contribution in [0.1, 0.15) is 24.3 Å². The molecule has 6 heteroatoms. The lowest BCUT2D eigenvalue weighted by Gasteiger charge is -2.55. The third-order valence-electron chi connectivity index (χ3n) is 5.75. The van der Waals surface area contributed by atoms with Gasteiger partial charge in [-0.05, 0) is 36.5 Å². The maximum absolute atomic E-state index is 12.6. The van der Waals surface area contributed by atoms with Gasteiger partial charge in [0.15, 0.2) is 0 Å². The minimum atomic E-state index is -3.54. The highest BCUT2D eigenvalue weighted by molar-refractivity contribution is 7.89. The second-order valence-electron chi connectivity index (χ2n) is 7.56. The number of nitrogens with one attached hydrogen (secondary N) is 1. The zero-order valence-corrected chi connectivity index (χ0v) is 16.1. The monoisotopic (exact) mass is 386 g/mol. The lowest BCUT2D eigenvalue weighted by atomic mass is 9.75. The zero-order chi connectivity index (χ0) is 18.9. The van der Waals surface area contributed by atoms with Gasteiger partial charge in [-0.1, -0.05) is 48.5 Å². The number of nitrogens with zero attached hydrogens (tertiary/aromatic N) is 1. The maximum Gasteiger partial charge on any atom is 0.240 e. The van der Waals surface area contributed by atoms with E-state index in [1.54, 1.807) is 30.3 Å². The molecule has 5 nitrogen and oxygen atoms in total. The molecule has 0 bridgehead atoms. The number of benzene rings is 2. The highest BCUT2D eigenvalue weighted by Gasteiger charge is 2.49. The minimum Gasteiger partial charge on any atom is -0.395 e. The molecule has 1 heterocycles. The highest BCUT2D eigenvalue weighted by atomic mass is 32.2. The number of likely N-dealkylation sites (tertiary alicyclic amines) is 1. The Morgan fingerprint density at radius 2 is 1.59 bits per heavy atom. The van der Waals surface area contributed by atoms with Gasteiger partial charge in [-0.15, -0.1) is 0 Å². The molecule has 0 spiro atoms.